The fraction of sp³-hybridized carbons (Fsp3) is 0.520. The van der Waals surface area contributed by atoms with Gasteiger partial charge >= 0.3 is 0 Å². The molecule has 4 rings (SSSR count). The van der Waals surface area contributed by atoms with Crippen LogP contribution in [0, 0.1) is 0 Å². The number of methoxy groups -OCH3 is 2. The third-order valence-electron chi connectivity index (χ3n) is 6.35. The maximum atomic E-state index is 13.7. The van der Waals surface area contributed by atoms with E-state index in [4.69, 9.17) is 9.47 Å². The predicted molar refractivity (Wildman–Crippen MR) is 125 cm³/mol. The molecule has 6 nitrogen and oxygen atoms in total. The van der Waals surface area contributed by atoms with Crippen LogP contribution in [0.4, 0.5) is 0 Å². The summed E-state index contributed by atoms with van der Waals surface area (Å²) in [5.41, 5.74) is 0.702. The Morgan fingerprint density at radius 3 is 2.50 bits per heavy atom. The number of hydrogen-bond acceptors (Lipinski definition) is 5. The third-order valence-corrected chi connectivity index (χ3v) is 7.22. The smallest absolute Gasteiger partial charge is 0.247 e. The van der Waals surface area contributed by atoms with Gasteiger partial charge in [-0.15, -0.1) is 11.3 Å². The molecular weight excluding hydrogens is 424 g/mol. The van der Waals surface area contributed by atoms with E-state index in [1.165, 1.54) is 6.42 Å². The van der Waals surface area contributed by atoms with Gasteiger partial charge in [-0.25, -0.2) is 0 Å². The molecule has 2 aliphatic carbocycles. The number of hydrogen-bond donors (Lipinski definition) is 1. The molecule has 0 spiro atoms. The molecule has 2 saturated carbocycles. The van der Waals surface area contributed by atoms with Crippen molar-refractivity contribution >= 4 is 23.2 Å². The van der Waals surface area contributed by atoms with Crippen LogP contribution < -0.4 is 14.8 Å². The van der Waals surface area contributed by atoms with Crippen molar-refractivity contribution in [3.05, 3.63) is 46.2 Å². The van der Waals surface area contributed by atoms with Crippen LogP contribution in [0.25, 0.3) is 0 Å². The van der Waals surface area contributed by atoms with Crippen LogP contribution in [-0.4, -0.2) is 43.0 Å². The summed E-state index contributed by atoms with van der Waals surface area (Å²) in [4.78, 5) is 30.1. The molecule has 1 atom stereocenters. The first-order chi connectivity index (χ1) is 15.6. The van der Waals surface area contributed by atoms with E-state index >= 15 is 0 Å². The zero-order chi connectivity index (χ0) is 22.5. The normalized spacial score (nSPS) is 17.4. The summed E-state index contributed by atoms with van der Waals surface area (Å²) in [6, 6.07) is 8.91. The van der Waals surface area contributed by atoms with E-state index in [0.29, 0.717) is 23.5 Å². The molecule has 2 aromatic rings. The molecule has 0 radical (unpaired) electrons. The Kier molecular flexibility index (Phi) is 7.35. The first-order valence-corrected chi connectivity index (χ1v) is 12.3. The van der Waals surface area contributed by atoms with Crippen LogP contribution in [0.2, 0.25) is 0 Å². The van der Waals surface area contributed by atoms with Crippen molar-refractivity contribution in [1.29, 1.82) is 0 Å². The summed E-state index contributed by atoms with van der Waals surface area (Å²) in [6.45, 7) is 0. The number of carbonyl (C=O) groups is 2. The molecule has 7 heteroatoms. The van der Waals surface area contributed by atoms with Gasteiger partial charge in [0.15, 0.2) is 0 Å². The highest BCUT2D eigenvalue weighted by atomic mass is 32.1. The molecule has 2 amide bonds. The molecule has 172 valence electrons. The lowest BCUT2D eigenvalue weighted by Crippen LogP contribution is -2.48. The van der Waals surface area contributed by atoms with Crippen LogP contribution in [0.3, 0.4) is 0 Å². The zero-order valence-electron chi connectivity index (χ0n) is 18.8. The minimum absolute atomic E-state index is 0.0170. The largest absolute Gasteiger partial charge is 0.497 e. The number of benzene rings is 1. The van der Waals surface area contributed by atoms with Crippen molar-refractivity contribution in [3.63, 3.8) is 0 Å². The number of thiophene rings is 1. The minimum Gasteiger partial charge on any atom is -0.497 e. The number of ether oxygens (including phenoxy) is 2. The van der Waals surface area contributed by atoms with Crippen LogP contribution in [0.1, 0.15) is 61.4 Å². The van der Waals surface area contributed by atoms with Crippen molar-refractivity contribution in [2.75, 3.05) is 14.2 Å². The van der Waals surface area contributed by atoms with Gasteiger partial charge in [0.2, 0.25) is 11.8 Å². The summed E-state index contributed by atoms with van der Waals surface area (Å²) >= 11 is 1.57. The van der Waals surface area contributed by atoms with E-state index in [-0.39, 0.29) is 23.9 Å². The van der Waals surface area contributed by atoms with Gasteiger partial charge < -0.3 is 19.7 Å². The molecule has 1 heterocycles. The highest BCUT2D eigenvalue weighted by molar-refractivity contribution is 7.10. The molecular formula is C25H32N2O4S. The van der Waals surface area contributed by atoms with Gasteiger partial charge in [0.05, 0.1) is 20.6 Å². The monoisotopic (exact) mass is 456 g/mol. The van der Waals surface area contributed by atoms with Gasteiger partial charge in [-0.3, -0.25) is 9.59 Å². The molecule has 1 aromatic carbocycles. The molecule has 0 saturated heterocycles. The molecule has 0 bridgehead atoms. The summed E-state index contributed by atoms with van der Waals surface area (Å²) < 4.78 is 11.0. The molecule has 0 aliphatic heterocycles. The topological polar surface area (TPSA) is 67.9 Å². The Balaban J connectivity index is 1.68. The number of nitrogens with one attached hydrogen (secondary N) is 1. The second-order valence-electron chi connectivity index (χ2n) is 8.64. The van der Waals surface area contributed by atoms with E-state index in [2.05, 4.69) is 5.32 Å². The van der Waals surface area contributed by atoms with Crippen molar-refractivity contribution in [3.8, 4) is 11.5 Å². The quantitative estimate of drug-likeness (QED) is 0.604. The first kappa shape index (κ1) is 22.6. The van der Waals surface area contributed by atoms with Crippen LogP contribution in [0.15, 0.2) is 35.7 Å². The minimum atomic E-state index is -0.724. The highest BCUT2D eigenvalue weighted by Gasteiger charge is 2.42. The molecule has 32 heavy (non-hydrogen) atoms. The van der Waals surface area contributed by atoms with Crippen LogP contribution >= 0.6 is 11.3 Å². The Morgan fingerprint density at radius 1 is 1.09 bits per heavy atom. The van der Waals surface area contributed by atoms with Crippen molar-refractivity contribution in [2.45, 2.75) is 69.5 Å². The Morgan fingerprint density at radius 2 is 1.88 bits per heavy atom. The van der Waals surface area contributed by atoms with Crippen molar-refractivity contribution in [2.24, 2.45) is 0 Å². The lowest BCUT2D eigenvalue weighted by Gasteiger charge is -2.34. The van der Waals surface area contributed by atoms with Gasteiger partial charge in [0, 0.05) is 28.6 Å². The average molecular weight is 457 g/mol. The standard InChI is InChI=1S/C25H32N2O4S/c1-30-19-12-13-21(22(15-19)31-2)24(25(29)26-17-7-4-3-5-8-17)27(18-10-11-18)23(28)16-20-9-6-14-32-20/h6,9,12-15,17-18,24H,3-5,7-8,10-11,16H2,1-2H3,(H,26,29)/t24-/m1/s1. The Bertz CT molecular complexity index is 920. The van der Waals surface area contributed by atoms with Gasteiger partial charge in [0.1, 0.15) is 17.5 Å². The van der Waals surface area contributed by atoms with Gasteiger partial charge in [-0.1, -0.05) is 25.3 Å². The maximum Gasteiger partial charge on any atom is 0.247 e. The lowest BCUT2D eigenvalue weighted by atomic mass is 9.94. The number of nitrogens with zero attached hydrogens (tertiary/aromatic N) is 1. The van der Waals surface area contributed by atoms with Crippen molar-refractivity contribution in [1.82, 2.24) is 10.2 Å². The summed E-state index contributed by atoms with van der Waals surface area (Å²) in [7, 11) is 3.19. The van der Waals surface area contributed by atoms with Gasteiger partial charge in [-0.2, -0.15) is 0 Å². The van der Waals surface area contributed by atoms with Gasteiger partial charge in [0.25, 0.3) is 0 Å². The third kappa shape index (κ3) is 5.26. The molecule has 1 N–H and O–H groups in total. The first-order valence-electron chi connectivity index (χ1n) is 11.5. The van der Waals surface area contributed by atoms with Crippen LogP contribution in [0.5, 0.6) is 11.5 Å². The molecule has 0 unspecified atom stereocenters. The molecule has 2 aliphatic rings. The highest BCUT2D eigenvalue weighted by Crippen LogP contribution is 2.40. The SMILES string of the molecule is COc1ccc([C@H](C(=O)NC2CCCCC2)N(C(=O)Cc2cccs2)C2CC2)c(OC)c1. The van der Waals surface area contributed by atoms with E-state index in [0.717, 1.165) is 43.4 Å². The zero-order valence-corrected chi connectivity index (χ0v) is 19.7. The molecule has 2 fully saturated rings. The average Bonchev–Trinajstić information content (AvgIpc) is 3.52. The van der Waals surface area contributed by atoms with E-state index in [9.17, 15) is 9.59 Å². The van der Waals surface area contributed by atoms with Gasteiger partial charge in [-0.05, 0) is 49.3 Å². The van der Waals surface area contributed by atoms with E-state index in [1.807, 2.05) is 34.5 Å². The summed E-state index contributed by atoms with van der Waals surface area (Å²) in [5.74, 6) is 1.08. The number of carbonyl (C=O) groups excluding carboxylic acids is 2. The fourth-order valence-corrected chi connectivity index (χ4v) is 5.25. The maximum absolute atomic E-state index is 13.7. The predicted octanol–water partition coefficient (Wildman–Crippen LogP) is 4.49. The lowest BCUT2D eigenvalue weighted by molar-refractivity contribution is -0.141. The number of amides is 2. The Labute approximate surface area is 193 Å². The fourth-order valence-electron chi connectivity index (χ4n) is 4.55. The summed E-state index contributed by atoms with van der Waals surface area (Å²) in [5, 5.41) is 5.23. The summed E-state index contributed by atoms with van der Waals surface area (Å²) in [6.07, 6.45) is 7.60. The Hall–Kier alpha value is -2.54. The second-order valence-corrected chi connectivity index (χ2v) is 9.67. The second kappa shape index (κ2) is 10.4. The van der Waals surface area contributed by atoms with E-state index in [1.54, 1.807) is 31.6 Å². The molecule has 1 aromatic heterocycles. The van der Waals surface area contributed by atoms with Crippen LogP contribution in [-0.2, 0) is 16.0 Å². The van der Waals surface area contributed by atoms with E-state index < -0.39 is 6.04 Å². The number of rotatable bonds is 9. The van der Waals surface area contributed by atoms with Crippen molar-refractivity contribution < 1.29 is 19.1 Å².